The normalized spacial score (nSPS) is 11.6. The lowest BCUT2D eigenvalue weighted by Gasteiger charge is -2.07. The molecule has 2 N–H and O–H groups in total. The summed E-state index contributed by atoms with van der Waals surface area (Å²) >= 11 is 4.55. The number of hydrogen-bond acceptors (Lipinski definition) is 4. The van der Waals surface area contributed by atoms with Crippen molar-refractivity contribution in [1.82, 2.24) is 4.98 Å². The van der Waals surface area contributed by atoms with Gasteiger partial charge in [-0.2, -0.15) is 0 Å². The highest BCUT2D eigenvalue weighted by molar-refractivity contribution is 9.10. The van der Waals surface area contributed by atoms with Gasteiger partial charge in [0.1, 0.15) is 5.75 Å². The van der Waals surface area contributed by atoms with Crippen LogP contribution in [0.4, 0.5) is 0 Å². The number of carboxylic acids is 1. The number of hydrogen-bond donors (Lipinski definition) is 2. The standard InChI is InChI=1S/C13H10BrNO4S/c1-7-15-13(18)11(20-7)5-8-4-9(14)2-3-10(8)19-6-12(16)17/h2-5H,1,6H2,(H,15,18)(H,16,17)/b11-5-. The van der Waals surface area contributed by atoms with Crippen LogP contribution in [0.2, 0.25) is 0 Å². The van der Waals surface area contributed by atoms with Crippen LogP contribution in [0.5, 0.6) is 5.75 Å². The maximum atomic E-state index is 11.6. The summed E-state index contributed by atoms with van der Waals surface area (Å²) in [5, 5.41) is 8.65. The Morgan fingerprint density at radius 2 is 2.30 bits per heavy atom. The lowest BCUT2D eigenvalue weighted by Crippen LogP contribution is -2.19. The fourth-order valence-corrected chi connectivity index (χ4v) is 2.65. The van der Waals surface area contributed by atoms with Crippen molar-refractivity contribution in [2.75, 3.05) is 6.61 Å². The van der Waals surface area contributed by atoms with Gasteiger partial charge in [-0.15, -0.1) is 11.3 Å². The molecule has 0 aliphatic heterocycles. The van der Waals surface area contributed by atoms with E-state index in [0.29, 0.717) is 20.5 Å². The highest BCUT2D eigenvalue weighted by Gasteiger charge is 2.06. The van der Waals surface area contributed by atoms with E-state index < -0.39 is 12.6 Å². The Bertz CT molecular complexity index is 809. The Labute approximate surface area is 126 Å². The number of carbonyl (C=O) groups is 1. The van der Waals surface area contributed by atoms with Crippen LogP contribution < -0.4 is 19.5 Å². The Hall–Kier alpha value is -1.86. The molecule has 20 heavy (non-hydrogen) atoms. The van der Waals surface area contributed by atoms with Crippen LogP contribution in [0, 0.1) is 0 Å². The van der Waals surface area contributed by atoms with Crippen molar-refractivity contribution in [3.8, 4) is 5.75 Å². The first-order valence-electron chi connectivity index (χ1n) is 5.49. The van der Waals surface area contributed by atoms with Gasteiger partial charge in [-0.25, -0.2) is 4.79 Å². The quantitative estimate of drug-likeness (QED) is 0.853. The summed E-state index contributed by atoms with van der Waals surface area (Å²) in [7, 11) is 0. The monoisotopic (exact) mass is 355 g/mol. The molecular weight excluding hydrogens is 346 g/mol. The van der Waals surface area contributed by atoms with E-state index in [1.807, 2.05) is 0 Å². The molecule has 0 aliphatic rings. The molecule has 0 atom stereocenters. The van der Waals surface area contributed by atoms with Gasteiger partial charge < -0.3 is 14.8 Å². The Morgan fingerprint density at radius 1 is 1.55 bits per heavy atom. The Balaban J connectivity index is 2.49. The minimum Gasteiger partial charge on any atom is -0.481 e. The van der Waals surface area contributed by atoms with Crippen LogP contribution in [-0.2, 0) is 4.79 Å². The number of rotatable bonds is 4. The van der Waals surface area contributed by atoms with Gasteiger partial charge >= 0.3 is 5.97 Å². The van der Waals surface area contributed by atoms with Crippen LogP contribution in [0.25, 0.3) is 12.7 Å². The second-order valence-corrected chi connectivity index (χ2v) is 5.90. The van der Waals surface area contributed by atoms with E-state index in [2.05, 4.69) is 27.5 Å². The molecule has 0 bridgehead atoms. The predicted molar refractivity (Wildman–Crippen MR) is 80.6 cm³/mol. The van der Waals surface area contributed by atoms with Crippen molar-refractivity contribution in [2.45, 2.75) is 0 Å². The molecule has 0 saturated carbocycles. The molecule has 0 amide bonds. The topological polar surface area (TPSA) is 79.4 Å². The number of aromatic amines is 1. The zero-order valence-electron chi connectivity index (χ0n) is 10.2. The summed E-state index contributed by atoms with van der Waals surface area (Å²) < 4.78 is 7.04. The molecule has 1 heterocycles. The average molecular weight is 356 g/mol. The summed E-state index contributed by atoms with van der Waals surface area (Å²) in [6.07, 6.45) is 1.64. The number of benzene rings is 1. The minimum atomic E-state index is -1.06. The van der Waals surface area contributed by atoms with E-state index in [9.17, 15) is 9.59 Å². The number of aliphatic carboxylic acids is 1. The molecule has 0 aliphatic carbocycles. The summed E-state index contributed by atoms with van der Waals surface area (Å²) in [6, 6.07) is 5.13. The van der Waals surface area contributed by atoms with Gasteiger partial charge in [0.15, 0.2) is 6.61 Å². The molecule has 0 spiro atoms. The highest BCUT2D eigenvalue weighted by atomic mass is 79.9. The summed E-state index contributed by atoms with van der Waals surface area (Å²) in [6.45, 7) is 3.23. The summed E-state index contributed by atoms with van der Waals surface area (Å²) in [5.41, 5.74) is 0.386. The first-order chi connectivity index (χ1) is 9.45. The van der Waals surface area contributed by atoms with E-state index >= 15 is 0 Å². The van der Waals surface area contributed by atoms with Crippen molar-refractivity contribution in [3.63, 3.8) is 0 Å². The van der Waals surface area contributed by atoms with Crippen molar-refractivity contribution in [1.29, 1.82) is 0 Å². The number of thiazole rings is 1. The predicted octanol–water partition coefficient (Wildman–Crippen LogP) is 0.901. The van der Waals surface area contributed by atoms with Crippen LogP contribution >= 0.6 is 27.3 Å². The Kier molecular flexibility index (Phi) is 4.41. The number of halogens is 1. The van der Waals surface area contributed by atoms with Crippen molar-refractivity contribution < 1.29 is 14.6 Å². The third-order valence-electron chi connectivity index (χ3n) is 2.32. The molecule has 104 valence electrons. The van der Waals surface area contributed by atoms with Gasteiger partial charge in [0.05, 0.1) is 9.20 Å². The SMILES string of the molecule is C=c1[nH]c(=O)/c(=C/c2cc(Br)ccc2OCC(=O)O)s1. The number of aromatic nitrogens is 1. The molecule has 0 unspecified atom stereocenters. The summed E-state index contributed by atoms with van der Waals surface area (Å²) in [4.78, 5) is 24.8. The lowest BCUT2D eigenvalue weighted by atomic mass is 10.2. The first kappa shape index (κ1) is 14.5. The molecule has 1 aromatic carbocycles. The molecule has 0 radical (unpaired) electrons. The van der Waals surface area contributed by atoms with E-state index in [0.717, 1.165) is 4.47 Å². The van der Waals surface area contributed by atoms with Gasteiger partial charge in [0.2, 0.25) is 0 Å². The van der Waals surface area contributed by atoms with Crippen LogP contribution in [0.15, 0.2) is 27.5 Å². The fraction of sp³-hybridized carbons (Fsp3) is 0.0769. The van der Waals surface area contributed by atoms with E-state index in [1.165, 1.54) is 11.3 Å². The van der Waals surface area contributed by atoms with Gasteiger partial charge in [0.25, 0.3) is 5.56 Å². The molecule has 2 rings (SSSR count). The van der Waals surface area contributed by atoms with Gasteiger partial charge in [0, 0.05) is 10.0 Å². The van der Waals surface area contributed by atoms with Gasteiger partial charge in [-0.3, -0.25) is 4.79 Å². The van der Waals surface area contributed by atoms with Gasteiger partial charge in [-0.1, -0.05) is 22.5 Å². The maximum Gasteiger partial charge on any atom is 0.341 e. The largest absolute Gasteiger partial charge is 0.481 e. The van der Waals surface area contributed by atoms with E-state index in [-0.39, 0.29) is 5.56 Å². The van der Waals surface area contributed by atoms with Crippen LogP contribution in [0.1, 0.15) is 5.56 Å². The molecule has 1 aromatic heterocycles. The third kappa shape index (κ3) is 3.58. The van der Waals surface area contributed by atoms with Crippen molar-refractivity contribution >= 4 is 45.9 Å². The Morgan fingerprint density at radius 3 is 2.90 bits per heavy atom. The zero-order chi connectivity index (χ0) is 14.7. The second-order valence-electron chi connectivity index (χ2n) is 3.85. The lowest BCUT2D eigenvalue weighted by molar-refractivity contribution is -0.139. The second kappa shape index (κ2) is 6.06. The number of ether oxygens (including phenoxy) is 1. The molecule has 7 heteroatoms. The molecule has 2 aromatic rings. The average Bonchev–Trinajstić information content (AvgIpc) is 2.66. The van der Waals surface area contributed by atoms with Gasteiger partial charge in [-0.05, 0) is 24.3 Å². The fourth-order valence-electron chi connectivity index (χ4n) is 1.53. The smallest absolute Gasteiger partial charge is 0.341 e. The zero-order valence-corrected chi connectivity index (χ0v) is 12.6. The van der Waals surface area contributed by atoms with Crippen molar-refractivity contribution in [3.05, 3.63) is 47.8 Å². The molecular formula is C13H10BrNO4S. The van der Waals surface area contributed by atoms with Crippen molar-refractivity contribution in [2.24, 2.45) is 0 Å². The number of H-pyrrole nitrogens is 1. The van der Waals surface area contributed by atoms with E-state index in [4.69, 9.17) is 9.84 Å². The third-order valence-corrected chi connectivity index (χ3v) is 3.68. The van der Waals surface area contributed by atoms with Crippen LogP contribution in [0.3, 0.4) is 0 Å². The number of carboxylic acid groups (broad SMARTS) is 1. The minimum absolute atomic E-state index is 0.232. The number of nitrogens with one attached hydrogen (secondary N) is 1. The highest BCUT2D eigenvalue weighted by Crippen LogP contribution is 2.23. The summed E-state index contributed by atoms with van der Waals surface area (Å²) in [5.74, 6) is -0.665. The van der Waals surface area contributed by atoms with Crippen LogP contribution in [-0.4, -0.2) is 22.7 Å². The molecule has 0 saturated heterocycles. The molecule has 5 nitrogen and oxygen atoms in total. The first-order valence-corrected chi connectivity index (χ1v) is 7.10. The van der Waals surface area contributed by atoms with E-state index in [1.54, 1.807) is 24.3 Å². The maximum absolute atomic E-state index is 11.6. The molecule has 0 fully saturated rings.